The Hall–Kier alpha value is -2.99. The molecule has 0 unspecified atom stereocenters. The molecule has 0 bridgehead atoms. The summed E-state index contributed by atoms with van der Waals surface area (Å²) in [5.74, 6) is -0.285. The number of benzene rings is 2. The van der Waals surface area contributed by atoms with Crippen LogP contribution in [0.3, 0.4) is 0 Å². The van der Waals surface area contributed by atoms with Gasteiger partial charge in [-0.3, -0.25) is 9.59 Å². The number of hydrogen-bond donors (Lipinski definition) is 2. The molecule has 1 aromatic heterocycles. The summed E-state index contributed by atoms with van der Waals surface area (Å²) in [5, 5.41) is 8.35. The van der Waals surface area contributed by atoms with Crippen LogP contribution >= 0.6 is 0 Å². The number of quaternary nitrogens is 1. The number of aromatic nitrogens is 2. The van der Waals surface area contributed by atoms with Crippen molar-refractivity contribution in [3.63, 3.8) is 0 Å². The molecule has 0 saturated heterocycles. The lowest BCUT2D eigenvalue weighted by Crippen LogP contribution is -3.06. The highest BCUT2D eigenvalue weighted by atomic mass is 16.2. The van der Waals surface area contributed by atoms with Gasteiger partial charge in [-0.05, 0) is 11.6 Å². The standard InChI is InChI=1S/C20H22N4O2/c1-23(2)13-17(14-9-5-4-6-10-14)21-19(25)18-15-11-7-8-12-16(15)20(26)24(3)22-18/h4-12,17H,13H2,1-3H3,(H,21,25)/p+1/t17-/m1/s1. The first-order chi connectivity index (χ1) is 12.5. The monoisotopic (exact) mass is 351 g/mol. The molecule has 0 saturated carbocycles. The van der Waals surface area contributed by atoms with Gasteiger partial charge >= 0.3 is 0 Å². The Labute approximate surface area is 152 Å². The summed E-state index contributed by atoms with van der Waals surface area (Å²) in [6.45, 7) is 0.736. The van der Waals surface area contributed by atoms with Crippen LogP contribution in [0.25, 0.3) is 10.8 Å². The van der Waals surface area contributed by atoms with Gasteiger partial charge in [-0.1, -0.05) is 48.5 Å². The van der Waals surface area contributed by atoms with E-state index in [4.69, 9.17) is 0 Å². The average Bonchev–Trinajstić information content (AvgIpc) is 2.64. The Kier molecular flexibility index (Phi) is 5.14. The molecule has 2 aromatic carbocycles. The van der Waals surface area contributed by atoms with Crippen LogP contribution in [-0.4, -0.2) is 36.3 Å². The number of nitrogens with one attached hydrogen (secondary N) is 2. The number of nitrogens with zero attached hydrogens (tertiary/aromatic N) is 2. The smallest absolute Gasteiger partial charge is 0.274 e. The lowest BCUT2D eigenvalue weighted by Gasteiger charge is -2.21. The molecular weight excluding hydrogens is 328 g/mol. The SMILES string of the molecule is Cn1nc(C(=O)N[C@H](C[NH+](C)C)c2ccccc2)c2ccccc2c1=O. The fourth-order valence-electron chi connectivity index (χ4n) is 3.04. The molecule has 3 aromatic rings. The number of aryl methyl sites for hydroxylation is 1. The van der Waals surface area contributed by atoms with Crippen molar-refractivity contribution in [3.8, 4) is 0 Å². The molecule has 26 heavy (non-hydrogen) atoms. The predicted octanol–water partition coefficient (Wildman–Crippen LogP) is 0.549. The molecule has 2 N–H and O–H groups in total. The number of amides is 1. The zero-order valence-electron chi connectivity index (χ0n) is 15.2. The maximum Gasteiger partial charge on any atom is 0.274 e. The molecule has 1 atom stereocenters. The van der Waals surface area contributed by atoms with Crippen molar-refractivity contribution in [1.82, 2.24) is 15.1 Å². The van der Waals surface area contributed by atoms with Crippen molar-refractivity contribution in [2.45, 2.75) is 6.04 Å². The minimum atomic E-state index is -0.285. The Morgan fingerprint density at radius 3 is 2.35 bits per heavy atom. The molecule has 0 fully saturated rings. The fraction of sp³-hybridized carbons (Fsp3) is 0.250. The van der Waals surface area contributed by atoms with Crippen molar-refractivity contribution in [2.24, 2.45) is 7.05 Å². The Morgan fingerprint density at radius 2 is 1.69 bits per heavy atom. The highest BCUT2D eigenvalue weighted by Crippen LogP contribution is 2.16. The number of rotatable bonds is 5. The maximum atomic E-state index is 13.0. The summed E-state index contributed by atoms with van der Waals surface area (Å²) in [6.07, 6.45) is 0. The summed E-state index contributed by atoms with van der Waals surface area (Å²) >= 11 is 0. The van der Waals surface area contributed by atoms with Crippen LogP contribution in [0.2, 0.25) is 0 Å². The lowest BCUT2D eigenvalue weighted by molar-refractivity contribution is -0.860. The zero-order chi connectivity index (χ0) is 18.7. The van der Waals surface area contributed by atoms with Crippen LogP contribution in [-0.2, 0) is 7.05 Å². The molecule has 6 heteroatoms. The predicted molar refractivity (Wildman–Crippen MR) is 101 cm³/mol. The van der Waals surface area contributed by atoms with Gasteiger partial charge < -0.3 is 10.2 Å². The van der Waals surface area contributed by atoms with E-state index in [1.807, 2.05) is 44.4 Å². The summed E-state index contributed by atoms with van der Waals surface area (Å²) in [5.41, 5.74) is 1.09. The van der Waals surface area contributed by atoms with E-state index in [9.17, 15) is 9.59 Å². The van der Waals surface area contributed by atoms with E-state index in [2.05, 4.69) is 10.4 Å². The Morgan fingerprint density at radius 1 is 1.08 bits per heavy atom. The lowest BCUT2D eigenvalue weighted by atomic mass is 10.1. The van der Waals surface area contributed by atoms with Crippen molar-refractivity contribution in [3.05, 3.63) is 76.2 Å². The minimum absolute atomic E-state index is 0.147. The van der Waals surface area contributed by atoms with Crippen LogP contribution in [0.5, 0.6) is 0 Å². The molecule has 1 heterocycles. The third-order valence-electron chi connectivity index (χ3n) is 4.29. The van der Waals surface area contributed by atoms with E-state index in [0.717, 1.165) is 12.1 Å². The first kappa shape index (κ1) is 17.8. The van der Waals surface area contributed by atoms with Crippen molar-refractivity contribution in [2.75, 3.05) is 20.6 Å². The molecule has 1 amide bonds. The Bertz CT molecular complexity index is 980. The van der Waals surface area contributed by atoms with Crippen LogP contribution in [0, 0.1) is 0 Å². The van der Waals surface area contributed by atoms with E-state index in [0.29, 0.717) is 10.8 Å². The van der Waals surface area contributed by atoms with Gasteiger partial charge in [-0.2, -0.15) is 5.10 Å². The van der Waals surface area contributed by atoms with Gasteiger partial charge in [-0.25, -0.2) is 4.68 Å². The molecule has 6 nitrogen and oxygen atoms in total. The summed E-state index contributed by atoms with van der Waals surface area (Å²) in [7, 11) is 5.65. The fourth-order valence-corrected chi connectivity index (χ4v) is 3.04. The van der Waals surface area contributed by atoms with E-state index >= 15 is 0 Å². The van der Waals surface area contributed by atoms with Crippen LogP contribution in [0.1, 0.15) is 22.1 Å². The molecule has 0 aliphatic heterocycles. The first-order valence-electron chi connectivity index (χ1n) is 8.58. The summed E-state index contributed by atoms with van der Waals surface area (Å²) in [4.78, 5) is 26.5. The highest BCUT2D eigenvalue weighted by Gasteiger charge is 2.22. The largest absolute Gasteiger partial charge is 0.338 e. The quantitative estimate of drug-likeness (QED) is 0.705. The second-order valence-electron chi connectivity index (χ2n) is 6.67. The molecule has 0 spiro atoms. The summed E-state index contributed by atoms with van der Waals surface area (Å²) < 4.78 is 1.21. The second kappa shape index (κ2) is 7.49. The molecule has 0 aliphatic carbocycles. The second-order valence-corrected chi connectivity index (χ2v) is 6.67. The number of carbonyl (C=O) groups excluding carboxylic acids is 1. The number of fused-ring (bicyclic) bond motifs is 1. The van der Waals surface area contributed by atoms with Crippen molar-refractivity contribution < 1.29 is 9.69 Å². The van der Waals surface area contributed by atoms with Gasteiger partial charge in [0.05, 0.1) is 19.5 Å². The minimum Gasteiger partial charge on any atom is -0.338 e. The number of carbonyl (C=O) groups is 1. The van der Waals surface area contributed by atoms with Crippen LogP contribution in [0.4, 0.5) is 0 Å². The van der Waals surface area contributed by atoms with Crippen LogP contribution < -0.4 is 15.8 Å². The van der Waals surface area contributed by atoms with Gasteiger partial charge in [0.2, 0.25) is 0 Å². The third kappa shape index (κ3) is 3.65. The molecule has 134 valence electrons. The first-order valence-corrected chi connectivity index (χ1v) is 8.58. The maximum absolute atomic E-state index is 13.0. The van der Waals surface area contributed by atoms with Crippen molar-refractivity contribution in [1.29, 1.82) is 0 Å². The molecule has 0 radical (unpaired) electrons. The Balaban J connectivity index is 1.99. The number of likely N-dealkylation sites (N-methyl/N-ethyl adjacent to an activating group) is 1. The van der Waals surface area contributed by atoms with E-state index in [1.54, 1.807) is 31.3 Å². The van der Waals surface area contributed by atoms with Gasteiger partial charge in [0.1, 0.15) is 12.6 Å². The normalized spacial score (nSPS) is 12.3. The van der Waals surface area contributed by atoms with Gasteiger partial charge in [0.25, 0.3) is 11.5 Å². The number of hydrogen-bond acceptors (Lipinski definition) is 3. The molecule has 3 rings (SSSR count). The zero-order valence-corrected chi connectivity index (χ0v) is 15.2. The highest BCUT2D eigenvalue weighted by molar-refractivity contribution is 6.04. The molecular formula is C20H23N4O2+. The third-order valence-corrected chi connectivity index (χ3v) is 4.29. The topological polar surface area (TPSA) is 68.4 Å². The molecule has 0 aliphatic rings. The van der Waals surface area contributed by atoms with Gasteiger partial charge in [-0.15, -0.1) is 0 Å². The van der Waals surface area contributed by atoms with E-state index in [-0.39, 0.29) is 23.2 Å². The van der Waals surface area contributed by atoms with Gasteiger partial charge in [0, 0.05) is 12.4 Å². The van der Waals surface area contributed by atoms with Crippen molar-refractivity contribution >= 4 is 16.7 Å². The van der Waals surface area contributed by atoms with Gasteiger partial charge in [0.15, 0.2) is 5.69 Å². The van der Waals surface area contributed by atoms with Crippen LogP contribution in [0.15, 0.2) is 59.4 Å². The van der Waals surface area contributed by atoms with E-state index < -0.39 is 0 Å². The average molecular weight is 351 g/mol. The summed E-state index contributed by atoms with van der Waals surface area (Å²) in [6, 6.07) is 16.8. The van der Waals surface area contributed by atoms with E-state index in [1.165, 1.54) is 9.58 Å².